The molecule has 0 atom stereocenters. The number of amides is 1. The first-order chi connectivity index (χ1) is 18.9. The summed E-state index contributed by atoms with van der Waals surface area (Å²) >= 11 is 0. The fourth-order valence-electron chi connectivity index (χ4n) is 5.69. The number of aromatic nitrogens is 3. The molecule has 2 aromatic heterocycles. The zero-order chi connectivity index (χ0) is 27.1. The van der Waals surface area contributed by atoms with E-state index in [-0.39, 0.29) is 18.1 Å². The van der Waals surface area contributed by atoms with Crippen LogP contribution in [0.2, 0.25) is 0 Å². The Morgan fingerprint density at radius 1 is 1.00 bits per heavy atom. The largest absolute Gasteiger partial charge is 0.393 e. The number of nitrogens with one attached hydrogen (secondary N) is 1. The van der Waals surface area contributed by atoms with Gasteiger partial charge in [-0.15, -0.1) is 0 Å². The number of hydrogen-bond acceptors (Lipinski definition) is 5. The van der Waals surface area contributed by atoms with E-state index in [0.717, 1.165) is 59.2 Å². The third-order valence-corrected chi connectivity index (χ3v) is 7.77. The maximum atomic E-state index is 12.3. The predicted molar refractivity (Wildman–Crippen MR) is 156 cm³/mol. The van der Waals surface area contributed by atoms with E-state index < -0.39 is 5.91 Å². The highest BCUT2D eigenvalue weighted by Gasteiger charge is 2.23. The SMILES string of the molecule is CC(C)c1nn(-c2ccc(C(N)=O)c(NC3CCC(O)CC3)c2)c2nccc(-c3ccc4ccccc4c3)c12. The van der Waals surface area contributed by atoms with Gasteiger partial charge in [0.25, 0.3) is 5.91 Å². The number of hydrogen-bond donors (Lipinski definition) is 3. The lowest BCUT2D eigenvalue weighted by Gasteiger charge is -2.27. The summed E-state index contributed by atoms with van der Waals surface area (Å²) in [5, 5.41) is 21.9. The fraction of sp³-hybridized carbons (Fsp3) is 0.281. The van der Waals surface area contributed by atoms with Crippen LogP contribution in [0, 0.1) is 0 Å². The van der Waals surface area contributed by atoms with Crippen LogP contribution in [0.25, 0.3) is 38.6 Å². The lowest BCUT2D eigenvalue weighted by molar-refractivity contribution is 0.100. The number of pyridine rings is 1. The molecule has 7 heteroatoms. The molecule has 4 N–H and O–H groups in total. The molecule has 0 bridgehead atoms. The molecule has 1 fully saturated rings. The average Bonchev–Trinajstić information content (AvgIpc) is 3.34. The van der Waals surface area contributed by atoms with Crippen LogP contribution in [0.5, 0.6) is 0 Å². The minimum Gasteiger partial charge on any atom is -0.393 e. The normalized spacial score (nSPS) is 17.6. The van der Waals surface area contributed by atoms with Gasteiger partial charge < -0.3 is 16.2 Å². The summed E-state index contributed by atoms with van der Waals surface area (Å²) in [5.74, 6) is -0.307. The summed E-state index contributed by atoms with van der Waals surface area (Å²) in [6, 6.07) is 22.7. The Bertz CT molecular complexity index is 1680. The highest BCUT2D eigenvalue weighted by molar-refractivity contribution is 6.00. The maximum Gasteiger partial charge on any atom is 0.250 e. The molecule has 1 aliphatic rings. The summed E-state index contributed by atoms with van der Waals surface area (Å²) in [5.41, 5.74) is 11.6. The smallest absolute Gasteiger partial charge is 0.250 e. The monoisotopic (exact) mass is 519 g/mol. The van der Waals surface area contributed by atoms with Crippen molar-refractivity contribution in [3.8, 4) is 16.8 Å². The van der Waals surface area contributed by atoms with Crippen molar-refractivity contribution in [2.24, 2.45) is 5.73 Å². The molecule has 1 amide bonds. The first kappa shape index (κ1) is 25.1. The van der Waals surface area contributed by atoms with Gasteiger partial charge in [-0.05, 0) is 83.8 Å². The van der Waals surface area contributed by atoms with Gasteiger partial charge >= 0.3 is 0 Å². The molecule has 0 unspecified atom stereocenters. The molecule has 0 spiro atoms. The Morgan fingerprint density at radius 3 is 2.51 bits per heavy atom. The molecule has 39 heavy (non-hydrogen) atoms. The van der Waals surface area contributed by atoms with Crippen molar-refractivity contribution in [2.75, 3.05) is 5.32 Å². The van der Waals surface area contributed by atoms with Gasteiger partial charge in [0.05, 0.1) is 28.4 Å². The van der Waals surface area contributed by atoms with Crippen molar-refractivity contribution in [3.63, 3.8) is 0 Å². The van der Waals surface area contributed by atoms with E-state index in [1.165, 1.54) is 10.8 Å². The standard InChI is InChI=1S/C32H33N5O2/c1-19(2)30-29-26(22-8-7-20-5-3-4-6-21(20)17-22)15-16-34-32(29)37(36-30)24-11-14-27(31(33)39)28(18-24)35-23-9-12-25(38)13-10-23/h3-8,11,14-19,23,25,35,38H,9-10,12-13H2,1-2H3,(H2,33,39). The molecular weight excluding hydrogens is 486 g/mol. The van der Waals surface area contributed by atoms with Crippen LogP contribution in [-0.2, 0) is 0 Å². The number of carbonyl (C=O) groups is 1. The number of nitrogens with zero attached hydrogens (tertiary/aromatic N) is 3. The molecule has 0 aliphatic heterocycles. The van der Waals surface area contributed by atoms with Crippen LogP contribution in [0.1, 0.15) is 61.5 Å². The van der Waals surface area contributed by atoms with Crippen molar-refractivity contribution >= 4 is 33.4 Å². The highest BCUT2D eigenvalue weighted by atomic mass is 16.3. The maximum absolute atomic E-state index is 12.3. The summed E-state index contributed by atoms with van der Waals surface area (Å²) in [7, 11) is 0. The van der Waals surface area contributed by atoms with Crippen molar-refractivity contribution in [1.82, 2.24) is 14.8 Å². The summed E-state index contributed by atoms with van der Waals surface area (Å²) in [6.07, 6.45) is 4.74. The average molecular weight is 520 g/mol. The van der Waals surface area contributed by atoms with Gasteiger partial charge in [-0.25, -0.2) is 9.67 Å². The van der Waals surface area contributed by atoms with E-state index in [4.69, 9.17) is 15.8 Å². The van der Waals surface area contributed by atoms with Crippen molar-refractivity contribution in [1.29, 1.82) is 0 Å². The fourth-order valence-corrected chi connectivity index (χ4v) is 5.69. The first-order valence-electron chi connectivity index (χ1n) is 13.6. The molecule has 1 aliphatic carbocycles. The number of carbonyl (C=O) groups excluding carboxylic acids is 1. The number of aliphatic hydroxyl groups is 1. The van der Waals surface area contributed by atoms with Crippen LogP contribution in [-0.4, -0.2) is 37.9 Å². The second kappa shape index (κ2) is 10.2. The molecular formula is C32H33N5O2. The molecule has 0 radical (unpaired) electrons. The van der Waals surface area contributed by atoms with Gasteiger partial charge in [0, 0.05) is 17.9 Å². The molecule has 198 valence electrons. The Balaban J connectivity index is 1.48. The Hall–Kier alpha value is -4.23. The first-order valence-corrected chi connectivity index (χ1v) is 13.6. The number of aliphatic hydroxyl groups excluding tert-OH is 1. The zero-order valence-corrected chi connectivity index (χ0v) is 22.3. The van der Waals surface area contributed by atoms with Gasteiger partial charge in [0.1, 0.15) is 0 Å². The molecule has 7 nitrogen and oxygen atoms in total. The molecule has 2 heterocycles. The molecule has 0 saturated heterocycles. The Kier molecular flexibility index (Phi) is 6.53. The second-order valence-corrected chi connectivity index (χ2v) is 10.8. The minimum atomic E-state index is -0.482. The number of primary amides is 1. The van der Waals surface area contributed by atoms with E-state index >= 15 is 0 Å². The number of benzene rings is 3. The lowest BCUT2D eigenvalue weighted by atomic mass is 9.92. The van der Waals surface area contributed by atoms with E-state index in [2.05, 4.69) is 67.7 Å². The van der Waals surface area contributed by atoms with E-state index in [0.29, 0.717) is 11.3 Å². The number of rotatable bonds is 6. The van der Waals surface area contributed by atoms with E-state index in [1.54, 1.807) is 6.07 Å². The number of anilines is 1. The summed E-state index contributed by atoms with van der Waals surface area (Å²) in [6.45, 7) is 4.29. The van der Waals surface area contributed by atoms with Crippen LogP contribution in [0.4, 0.5) is 5.69 Å². The molecule has 3 aromatic carbocycles. The van der Waals surface area contributed by atoms with Crippen LogP contribution >= 0.6 is 0 Å². The second-order valence-electron chi connectivity index (χ2n) is 10.8. The summed E-state index contributed by atoms with van der Waals surface area (Å²) in [4.78, 5) is 17.1. The van der Waals surface area contributed by atoms with Crippen molar-refractivity contribution in [2.45, 2.75) is 57.6 Å². The summed E-state index contributed by atoms with van der Waals surface area (Å²) < 4.78 is 1.87. The topological polar surface area (TPSA) is 106 Å². The number of nitrogens with two attached hydrogens (primary N) is 1. The lowest BCUT2D eigenvalue weighted by Crippen LogP contribution is -2.29. The van der Waals surface area contributed by atoms with Crippen LogP contribution < -0.4 is 11.1 Å². The quantitative estimate of drug-likeness (QED) is 0.248. The van der Waals surface area contributed by atoms with E-state index in [1.807, 2.05) is 23.0 Å². The third-order valence-electron chi connectivity index (χ3n) is 7.77. The minimum absolute atomic E-state index is 0.167. The molecule has 5 aromatic rings. The molecule has 1 saturated carbocycles. The van der Waals surface area contributed by atoms with Gasteiger partial charge in [-0.3, -0.25) is 4.79 Å². The Labute approximate surface area is 227 Å². The van der Waals surface area contributed by atoms with Crippen molar-refractivity contribution in [3.05, 3.63) is 84.2 Å². The third kappa shape index (κ3) is 4.74. The van der Waals surface area contributed by atoms with Gasteiger partial charge in [0.15, 0.2) is 5.65 Å². The van der Waals surface area contributed by atoms with Gasteiger partial charge in [-0.2, -0.15) is 5.10 Å². The highest BCUT2D eigenvalue weighted by Crippen LogP contribution is 2.36. The van der Waals surface area contributed by atoms with Crippen LogP contribution in [0.3, 0.4) is 0 Å². The van der Waals surface area contributed by atoms with Crippen LogP contribution in [0.15, 0.2) is 72.9 Å². The van der Waals surface area contributed by atoms with E-state index in [9.17, 15) is 9.90 Å². The number of fused-ring (bicyclic) bond motifs is 2. The van der Waals surface area contributed by atoms with Crippen molar-refractivity contribution < 1.29 is 9.90 Å². The zero-order valence-electron chi connectivity index (χ0n) is 22.3. The predicted octanol–water partition coefficient (Wildman–Crippen LogP) is 6.18. The Morgan fingerprint density at radius 2 is 1.77 bits per heavy atom. The van der Waals surface area contributed by atoms with Gasteiger partial charge in [0.2, 0.25) is 0 Å². The van der Waals surface area contributed by atoms with Gasteiger partial charge in [-0.1, -0.05) is 50.2 Å². The molecule has 6 rings (SSSR count).